The molecule has 1 aromatic carbocycles. The first-order valence-electron chi connectivity index (χ1n) is 6.95. The Morgan fingerprint density at radius 2 is 2.22 bits per heavy atom. The van der Waals surface area contributed by atoms with Crippen LogP contribution in [-0.4, -0.2) is 45.5 Å². The number of ether oxygens (including phenoxy) is 1. The molecule has 1 unspecified atom stereocenters. The zero-order chi connectivity index (χ0) is 16.4. The molecular weight excluding hydrogens is 366 g/mol. The van der Waals surface area contributed by atoms with Crippen LogP contribution in [0, 0.1) is 0 Å². The van der Waals surface area contributed by atoms with Gasteiger partial charge in [-0.15, -0.1) is 0 Å². The van der Waals surface area contributed by atoms with Crippen molar-refractivity contribution in [3.8, 4) is 5.69 Å². The average Bonchev–Trinajstić information content (AvgIpc) is 3.17. The number of carbonyl (C=O) groups excluding carboxylic acids is 1. The van der Waals surface area contributed by atoms with Gasteiger partial charge in [0.1, 0.15) is 0 Å². The van der Waals surface area contributed by atoms with E-state index in [1.165, 1.54) is 0 Å². The van der Waals surface area contributed by atoms with Crippen LogP contribution in [0.5, 0.6) is 0 Å². The maximum absolute atomic E-state index is 12.3. The van der Waals surface area contributed by atoms with Crippen LogP contribution >= 0.6 is 15.9 Å². The molecule has 120 valence electrons. The zero-order valence-corrected chi connectivity index (χ0v) is 13.6. The highest BCUT2D eigenvalue weighted by molar-refractivity contribution is 9.10. The normalized spacial score (nSPS) is 20.4. The molecular formula is C15H14BrN3O4. The number of hydrogen-bond donors (Lipinski definition) is 2. The molecule has 1 atom stereocenters. The van der Waals surface area contributed by atoms with Crippen molar-refractivity contribution in [3.05, 3.63) is 46.7 Å². The van der Waals surface area contributed by atoms with Gasteiger partial charge in [-0.25, -0.2) is 9.48 Å². The summed E-state index contributed by atoms with van der Waals surface area (Å²) in [7, 11) is 0. The van der Waals surface area contributed by atoms with E-state index in [9.17, 15) is 14.7 Å². The number of carboxylic acid groups (broad SMARTS) is 1. The summed E-state index contributed by atoms with van der Waals surface area (Å²) in [6, 6.07) is 9.00. The van der Waals surface area contributed by atoms with Gasteiger partial charge in [-0.1, -0.05) is 22.0 Å². The highest BCUT2D eigenvalue weighted by atomic mass is 79.9. The maximum atomic E-state index is 12.3. The van der Waals surface area contributed by atoms with Gasteiger partial charge in [-0.2, -0.15) is 5.10 Å². The molecule has 1 aliphatic rings. The Hall–Kier alpha value is -2.19. The Kier molecular flexibility index (Phi) is 4.18. The third kappa shape index (κ3) is 3.13. The molecule has 23 heavy (non-hydrogen) atoms. The summed E-state index contributed by atoms with van der Waals surface area (Å²) in [6.45, 7) is 0.263. The minimum Gasteiger partial charge on any atom is -0.479 e. The van der Waals surface area contributed by atoms with Crippen molar-refractivity contribution in [2.24, 2.45) is 0 Å². The highest BCUT2D eigenvalue weighted by Crippen LogP contribution is 2.20. The van der Waals surface area contributed by atoms with Gasteiger partial charge in [-0.05, 0) is 24.3 Å². The number of rotatable bonds is 4. The SMILES string of the molecule is O=C(NC1(C(=O)O)CCOC1)c1ccn(-c2cccc(Br)c2)n1. The largest absolute Gasteiger partial charge is 0.479 e. The zero-order valence-electron chi connectivity index (χ0n) is 12.0. The Morgan fingerprint density at radius 1 is 1.39 bits per heavy atom. The molecule has 2 aromatic rings. The van der Waals surface area contributed by atoms with E-state index < -0.39 is 17.4 Å². The lowest BCUT2D eigenvalue weighted by Crippen LogP contribution is -2.55. The summed E-state index contributed by atoms with van der Waals surface area (Å²) in [5.41, 5.74) is -0.440. The van der Waals surface area contributed by atoms with E-state index >= 15 is 0 Å². The van der Waals surface area contributed by atoms with E-state index in [0.717, 1.165) is 10.2 Å². The molecule has 2 heterocycles. The lowest BCUT2D eigenvalue weighted by molar-refractivity contribution is -0.144. The molecule has 1 amide bonds. The topological polar surface area (TPSA) is 93.5 Å². The van der Waals surface area contributed by atoms with Crippen LogP contribution in [0.25, 0.3) is 5.69 Å². The number of carboxylic acids is 1. The van der Waals surface area contributed by atoms with E-state index in [1.807, 2.05) is 24.3 Å². The number of nitrogens with one attached hydrogen (secondary N) is 1. The Balaban J connectivity index is 1.80. The fraction of sp³-hybridized carbons (Fsp3) is 0.267. The van der Waals surface area contributed by atoms with Crippen molar-refractivity contribution in [2.75, 3.05) is 13.2 Å². The van der Waals surface area contributed by atoms with E-state index in [-0.39, 0.29) is 18.7 Å². The van der Waals surface area contributed by atoms with Crippen LogP contribution in [0.4, 0.5) is 0 Å². The van der Waals surface area contributed by atoms with Gasteiger partial charge in [0.25, 0.3) is 5.91 Å². The first kappa shape index (κ1) is 15.7. The van der Waals surface area contributed by atoms with Gasteiger partial charge in [0.15, 0.2) is 11.2 Å². The highest BCUT2D eigenvalue weighted by Gasteiger charge is 2.44. The van der Waals surface area contributed by atoms with Crippen LogP contribution < -0.4 is 5.32 Å². The summed E-state index contributed by atoms with van der Waals surface area (Å²) in [4.78, 5) is 23.7. The van der Waals surface area contributed by atoms with Crippen molar-refractivity contribution in [2.45, 2.75) is 12.0 Å². The van der Waals surface area contributed by atoms with Crippen molar-refractivity contribution in [3.63, 3.8) is 0 Å². The predicted octanol–water partition coefficient (Wildman–Crippen LogP) is 1.61. The van der Waals surface area contributed by atoms with Crippen molar-refractivity contribution in [1.82, 2.24) is 15.1 Å². The second-order valence-electron chi connectivity index (χ2n) is 5.27. The van der Waals surface area contributed by atoms with Gasteiger partial charge in [0.2, 0.25) is 0 Å². The van der Waals surface area contributed by atoms with Crippen molar-refractivity contribution >= 4 is 27.8 Å². The fourth-order valence-corrected chi connectivity index (χ4v) is 2.76. The lowest BCUT2D eigenvalue weighted by Gasteiger charge is -2.22. The molecule has 7 nitrogen and oxygen atoms in total. The fourth-order valence-electron chi connectivity index (χ4n) is 2.37. The molecule has 0 bridgehead atoms. The van der Waals surface area contributed by atoms with Crippen LogP contribution in [0.1, 0.15) is 16.9 Å². The molecule has 0 spiro atoms. The molecule has 1 aromatic heterocycles. The van der Waals surface area contributed by atoms with E-state index in [2.05, 4.69) is 26.3 Å². The lowest BCUT2D eigenvalue weighted by atomic mass is 9.99. The summed E-state index contributed by atoms with van der Waals surface area (Å²) in [6.07, 6.45) is 1.88. The third-order valence-electron chi connectivity index (χ3n) is 3.68. The second kappa shape index (κ2) is 6.13. The Bertz CT molecular complexity index is 753. The molecule has 3 rings (SSSR count). The molecule has 0 saturated carbocycles. The van der Waals surface area contributed by atoms with Gasteiger partial charge < -0.3 is 15.2 Å². The maximum Gasteiger partial charge on any atom is 0.331 e. The number of aliphatic carboxylic acids is 1. The van der Waals surface area contributed by atoms with Crippen LogP contribution in [0.2, 0.25) is 0 Å². The minimum absolute atomic E-state index is 0.0413. The quantitative estimate of drug-likeness (QED) is 0.841. The molecule has 8 heteroatoms. The first-order valence-corrected chi connectivity index (χ1v) is 7.75. The molecule has 0 aliphatic carbocycles. The first-order chi connectivity index (χ1) is 11.0. The number of benzene rings is 1. The van der Waals surface area contributed by atoms with Gasteiger partial charge in [0.05, 0.1) is 12.3 Å². The Morgan fingerprint density at radius 3 is 2.87 bits per heavy atom. The van der Waals surface area contributed by atoms with E-state index in [1.54, 1.807) is 16.9 Å². The van der Waals surface area contributed by atoms with Crippen molar-refractivity contribution in [1.29, 1.82) is 0 Å². The van der Waals surface area contributed by atoms with Crippen LogP contribution in [-0.2, 0) is 9.53 Å². The summed E-state index contributed by atoms with van der Waals surface area (Å²) in [5.74, 6) is -1.64. The molecule has 2 N–H and O–H groups in total. The monoisotopic (exact) mass is 379 g/mol. The smallest absolute Gasteiger partial charge is 0.331 e. The number of hydrogen-bond acceptors (Lipinski definition) is 4. The van der Waals surface area contributed by atoms with Gasteiger partial charge in [-0.3, -0.25) is 4.79 Å². The van der Waals surface area contributed by atoms with E-state index in [0.29, 0.717) is 6.61 Å². The predicted molar refractivity (Wildman–Crippen MR) is 84.5 cm³/mol. The molecule has 1 fully saturated rings. The van der Waals surface area contributed by atoms with Gasteiger partial charge in [0, 0.05) is 23.7 Å². The molecule has 0 radical (unpaired) electrons. The third-order valence-corrected chi connectivity index (χ3v) is 4.17. The number of halogens is 1. The van der Waals surface area contributed by atoms with Crippen LogP contribution in [0.3, 0.4) is 0 Å². The van der Waals surface area contributed by atoms with Crippen molar-refractivity contribution < 1.29 is 19.4 Å². The Labute approximate surface area is 140 Å². The van der Waals surface area contributed by atoms with Gasteiger partial charge >= 0.3 is 5.97 Å². The van der Waals surface area contributed by atoms with Crippen LogP contribution in [0.15, 0.2) is 41.0 Å². The summed E-state index contributed by atoms with van der Waals surface area (Å²) in [5, 5.41) is 16.1. The minimum atomic E-state index is -1.38. The van der Waals surface area contributed by atoms with E-state index in [4.69, 9.17) is 4.74 Å². The number of nitrogens with zero attached hydrogens (tertiary/aromatic N) is 2. The second-order valence-corrected chi connectivity index (χ2v) is 6.19. The summed E-state index contributed by atoms with van der Waals surface area (Å²) >= 11 is 3.38. The average molecular weight is 380 g/mol. The molecule has 1 saturated heterocycles. The molecule has 1 aliphatic heterocycles. The number of amides is 1. The number of carbonyl (C=O) groups is 2. The summed E-state index contributed by atoms with van der Waals surface area (Å²) < 4.78 is 7.57. The number of aromatic nitrogens is 2. The standard InChI is InChI=1S/C15H14BrN3O4/c16-10-2-1-3-11(8-10)19-6-4-12(18-19)13(20)17-15(14(21)22)5-7-23-9-15/h1-4,6,8H,5,7,9H2,(H,17,20)(H,21,22).